The van der Waals surface area contributed by atoms with E-state index in [1.807, 2.05) is 0 Å². The summed E-state index contributed by atoms with van der Waals surface area (Å²) in [5, 5.41) is 8.94. The number of aliphatic hydroxyl groups is 1. The molecule has 4 heteroatoms. The lowest BCUT2D eigenvalue weighted by Crippen LogP contribution is -2.38. The first kappa shape index (κ1) is 9.98. The summed E-state index contributed by atoms with van der Waals surface area (Å²) in [5.41, 5.74) is 1.02. The van der Waals surface area contributed by atoms with Crippen LogP contribution < -0.4 is 4.74 Å². The van der Waals surface area contributed by atoms with Crippen molar-refractivity contribution in [2.24, 2.45) is 0 Å². The molecular formula is C11H12O4. The van der Waals surface area contributed by atoms with Crippen LogP contribution in [0.5, 0.6) is 5.75 Å². The number of hydrogen-bond donors (Lipinski definition) is 1. The highest BCUT2D eigenvalue weighted by atomic mass is 16.7. The number of ether oxygens (including phenoxy) is 2. The van der Waals surface area contributed by atoms with Gasteiger partial charge >= 0.3 is 5.97 Å². The van der Waals surface area contributed by atoms with Crippen LogP contribution in [0.15, 0.2) is 18.2 Å². The van der Waals surface area contributed by atoms with Crippen LogP contribution in [-0.2, 0) is 11.3 Å². The molecule has 0 saturated carbocycles. The third-order valence-electron chi connectivity index (χ3n) is 2.14. The van der Waals surface area contributed by atoms with Crippen molar-refractivity contribution in [1.82, 2.24) is 0 Å². The molecular weight excluding hydrogens is 196 g/mol. The molecule has 0 unspecified atom stereocenters. The van der Waals surface area contributed by atoms with Gasteiger partial charge in [-0.3, -0.25) is 0 Å². The zero-order valence-corrected chi connectivity index (χ0v) is 8.61. The number of esters is 1. The number of hydrogen-bond acceptors (Lipinski definition) is 4. The molecule has 1 aliphatic rings. The van der Waals surface area contributed by atoms with Gasteiger partial charge in [0, 0.05) is 13.8 Å². The SMILES string of the molecule is CC1(C)OC(=O)c2cc(CO)ccc2O1. The molecule has 1 aliphatic heterocycles. The molecule has 0 atom stereocenters. The van der Waals surface area contributed by atoms with Crippen LogP contribution in [0.25, 0.3) is 0 Å². The van der Waals surface area contributed by atoms with Crippen LogP contribution in [0.1, 0.15) is 29.8 Å². The summed E-state index contributed by atoms with van der Waals surface area (Å²) in [7, 11) is 0. The van der Waals surface area contributed by atoms with E-state index in [4.69, 9.17) is 14.6 Å². The topological polar surface area (TPSA) is 55.8 Å². The second-order valence-corrected chi connectivity index (χ2v) is 3.88. The number of rotatable bonds is 1. The van der Waals surface area contributed by atoms with Crippen molar-refractivity contribution < 1.29 is 19.4 Å². The largest absolute Gasteiger partial charge is 0.452 e. The fourth-order valence-corrected chi connectivity index (χ4v) is 1.49. The van der Waals surface area contributed by atoms with Crippen molar-refractivity contribution in [3.8, 4) is 5.75 Å². The Morgan fingerprint density at radius 1 is 1.33 bits per heavy atom. The summed E-state index contributed by atoms with van der Waals surface area (Å²) >= 11 is 0. The van der Waals surface area contributed by atoms with Gasteiger partial charge in [0.05, 0.1) is 6.61 Å². The highest BCUT2D eigenvalue weighted by molar-refractivity contribution is 5.93. The summed E-state index contributed by atoms with van der Waals surface area (Å²) < 4.78 is 10.5. The Kier molecular flexibility index (Phi) is 2.16. The van der Waals surface area contributed by atoms with Crippen molar-refractivity contribution in [2.75, 3.05) is 0 Å². The molecule has 0 radical (unpaired) electrons. The van der Waals surface area contributed by atoms with E-state index in [2.05, 4.69) is 0 Å². The Morgan fingerprint density at radius 3 is 2.73 bits per heavy atom. The average Bonchev–Trinajstić information content (AvgIpc) is 2.15. The van der Waals surface area contributed by atoms with Gasteiger partial charge in [-0.2, -0.15) is 0 Å². The molecule has 15 heavy (non-hydrogen) atoms. The molecule has 0 amide bonds. The molecule has 1 N–H and O–H groups in total. The average molecular weight is 208 g/mol. The lowest BCUT2D eigenvalue weighted by atomic mass is 10.1. The van der Waals surface area contributed by atoms with E-state index < -0.39 is 11.8 Å². The number of fused-ring (bicyclic) bond motifs is 1. The van der Waals surface area contributed by atoms with Crippen molar-refractivity contribution >= 4 is 5.97 Å². The van der Waals surface area contributed by atoms with Crippen LogP contribution >= 0.6 is 0 Å². The van der Waals surface area contributed by atoms with E-state index in [0.717, 1.165) is 0 Å². The van der Waals surface area contributed by atoms with E-state index >= 15 is 0 Å². The van der Waals surface area contributed by atoms with Crippen molar-refractivity contribution in [3.05, 3.63) is 29.3 Å². The fourth-order valence-electron chi connectivity index (χ4n) is 1.49. The number of carbonyl (C=O) groups excluding carboxylic acids is 1. The number of cyclic esters (lactones) is 1. The monoisotopic (exact) mass is 208 g/mol. The van der Waals surface area contributed by atoms with E-state index in [1.54, 1.807) is 32.0 Å². The zero-order valence-electron chi connectivity index (χ0n) is 8.61. The van der Waals surface area contributed by atoms with Gasteiger partial charge in [0.2, 0.25) is 5.79 Å². The predicted octanol–water partition coefficient (Wildman–Crippen LogP) is 1.46. The number of benzene rings is 1. The second kappa shape index (κ2) is 3.24. The summed E-state index contributed by atoms with van der Waals surface area (Å²) in [6.07, 6.45) is 0. The van der Waals surface area contributed by atoms with E-state index in [-0.39, 0.29) is 6.61 Å². The molecule has 1 heterocycles. The smallest absolute Gasteiger partial charge is 0.345 e. The first-order chi connectivity index (χ1) is 7.02. The molecule has 1 aromatic carbocycles. The van der Waals surface area contributed by atoms with Crippen molar-refractivity contribution in [2.45, 2.75) is 26.2 Å². The summed E-state index contributed by atoms with van der Waals surface area (Å²) in [6.45, 7) is 3.24. The third-order valence-corrected chi connectivity index (χ3v) is 2.14. The van der Waals surface area contributed by atoms with Crippen molar-refractivity contribution in [1.29, 1.82) is 0 Å². The molecule has 0 fully saturated rings. The van der Waals surface area contributed by atoms with E-state index in [0.29, 0.717) is 16.9 Å². The van der Waals surface area contributed by atoms with Gasteiger partial charge in [-0.25, -0.2) is 4.79 Å². The van der Waals surface area contributed by atoms with Gasteiger partial charge in [-0.05, 0) is 17.7 Å². The van der Waals surface area contributed by atoms with Crippen LogP contribution in [0.3, 0.4) is 0 Å². The lowest BCUT2D eigenvalue weighted by Gasteiger charge is -2.31. The molecule has 0 saturated heterocycles. The number of aliphatic hydroxyl groups excluding tert-OH is 1. The minimum atomic E-state index is -0.926. The van der Waals surface area contributed by atoms with Gasteiger partial charge in [0.25, 0.3) is 0 Å². The van der Waals surface area contributed by atoms with E-state index in [1.165, 1.54) is 0 Å². The van der Waals surface area contributed by atoms with E-state index in [9.17, 15) is 4.79 Å². The molecule has 4 nitrogen and oxygen atoms in total. The standard InChI is InChI=1S/C11H12O4/c1-11(2)14-9-4-3-7(6-12)5-8(9)10(13)15-11/h3-5,12H,6H2,1-2H3. The normalized spacial score (nSPS) is 17.7. The predicted molar refractivity (Wildman–Crippen MR) is 52.5 cm³/mol. The lowest BCUT2D eigenvalue weighted by molar-refractivity contribution is -0.127. The molecule has 0 bridgehead atoms. The Bertz CT molecular complexity index is 409. The maximum Gasteiger partial charge on any atom is 0.345 e. The molecule has 80 valence electrons. The van der Waals surface area contributed by atoms with Crippen molar-refractivity contribution in [3.63, 3.8) is 0 Å². The minimum Gasteiger partial charge on any atom is -0.452 e. The Morgan fingerprint density at radius 2 is 2.07 bits per heavy atom. The minimum absolute atomic E-state index is 0.107. The Hall–Kier alpha value is -1.55. The van der Waals surface area contributed by atoms with Gasteiger partial charge in [-0.15, -0.1) is 0 Å². The van der Waals surface area contributed by atoms with Gasteiger partial charge in [0.15, 0.2) is 0 Å². The highest BCUT2D eigenvalue weighted by Crippen LogP contribution is 2.31. The maximum absolute atomic E-state index is 11.6. The summed E-state index contributed by atoms with van der Waals surface area (Å²) in [6, 6.07) is 4.96. The summed E-state index contributed by atoms with van der Waals surface area (Å²) in [4.78, 5) is 11.6. The third kappa shape index (κ3) is 1.80. The van der Waals surface area contributed by atoms with Crippen LogP contribution in [0, 0.1) is 0 Å². The maximum atomic E-state index is 11.6. The first-order valence-corrected chi connectivity index (χ1v) is 4.68. The second-order valence-electron chi connectivity index (χ2n) is 3.88. The molecule has 0 aromatic heterocycles. The number of carbonyl (C=O) groups is 1. The zero-order chi connectivity index (χ0) is 11.1. The molecule has 0 aliphatic carbocycles. The van der Waals surface area contributed by atoms with Crippen LogP contribution in [-0.4, -0.2) is 16.9 Å². The van der Waals surface area contributed by atoms with Crippen LogP contribution in [0.4, 0.5) is 0 Å². The van der Waals surface area contributed by atoms with Crippen LogP contribution in [0.2, 0.25) is 0 Å². The molecule has 0 spiro atoms. The Labute approximate surface area is 87.4 Å². The van der Waals surface area contributed by atoms with Gasteiger partial charge in [-0.1, -0.05) is 6.07 Å². The van der Waals surface area contributed by atoms with Gasteiger partial charge in [0.1, 0.15) is 11.3 Å². The Balaban J connectivity index is 2.46. The van der Waals surface area contributed by atoms with Gasteiger partial charge < -0.3 is 14.6 Å². The highest BCUT2D eigenvalue weighted by Gasteiger charge is 2.33. The molecule has 1 aromatic rings. The quantitative estimate of drug-likeness (QED) is 0.710. The fraction of sp³-hybridized carbons (Fsp3) is 0.364. The molecule has 2 rings (SSSR count). The first-order valence-electron chi connectivity index (χ1n) is 4.68. The summed E-state index contributed by atoms with van der Waals surface area (Å²) in [5.74, 6) is -0.852.